The predicted molar refractivity (Wildman–Crippen MR) is 126 cm³/mol. The SMILES string of the molecule is CCCCCc1c([Si](C)(C)C)cnc(-c2ccc(-c3ccccc3)cc2)c1C. The van der Waals surface area contributed by atoms with E-state index in [1.54, 1.807) is 5.56 Å². The second-order valence-corrected chi connectivity index (χ2v) is 13.8. The first-order valence-corrected chi connectivity index (χ1v) is 14.1. The van der Waals surface area contributed by atoms with Crippen molar-refractivity contribution >= 4 is 13.3 Å². The van der Waals surface area contributed by atoms with Crippen LogP contribution in [0.3, 0.4) is 0 Å². The first kappa shape index (κ1) is 20.5. The molecule has 0 unspecified atom stereocenters. The second kappa shape index (κ2) is 8.87. The lowest BCUT2D eigenvalue weighted by molar-refractivity contribution is 0.716. The molecule has 3 aromatic rings. The molecule has 0 fully saturated rings. The number of nitrogens with zero attached hydrogens (tertiary/aromatic N) is 1. The smallest absolute Gasteiger partial charge is 0.0799 e. The molecule has 0 bridgehead atoms. The molecule has 1 heterocycles. The summed E-state index contributed by atoms with van der Waals surface area (Å²) in [5.41, 5.74) is 7.81. The highest BCUT2D eigenvalue weighted by Gasteiger charge is 2.23. The number of rotatable bonds is 7. The molecule has 0 aliphatic carbocycles. The van der Waals surface area contributed by atoms with Crippen molar-refractivity contribution in [3.8, 4) is 22.4 Å². The van der Waals surface area contributed by atoms with Gasteiger partial charge in [-0.2, -0.15) is 0 Å². The Bertz CT molecular complexity index is 906. The van der Waals surface area contributed by atoms with Gasteiger partial charge in [-0.15, -0.1) is 0 Å². The zero-order chi connectivity index (χ0) is 20.1. The van der Waals surface area contributed by atoms with E-state index in [2.05, 4.69) is 94.3 Å². The Morgan fingerprint density at radius 3 is 2.00 bits per heavy atom. The topological polar surface area (TPSA) is 12.9 Å². The fourth-order valence-corrected chi connectivity index (χ4v) is 5.58. The van der Waals surface area contributed by atoms with Crippen LogP contribution in [0.15, 0.2) is 60.8 Å². The summed E-state index contributed by atoms with van der Waals surface area (Å²) in [6.45, 7) is 11.8. The van der Waals surface area contributed by atoms with Crippen molar-refractivity contribution in [1.82, 2.24) is 4.98 Å². The highest BCUT2D eigenvalue weighted by Crippen LogP contribution is 2.28. The number of aromatic nitrogens is 1. The Kier molecular flexibility index (Phi) is 6.51. The van der Waals surface area contributed by atoms with Gasteiger partial charge in [0.15, 0.2) is 0 Å². The van der Waals surface area contributed by atoms with E-state index in [1.165, 1.54) is 53.1 Å². The summed E-state index contributed by atoms with van der Waals surface area (Å²) in [5, 5.41) is 1.53. The van der Waals surface area contributed by atoms with Crippen molar-refractivity contribution in [3.63, 3.8) is 0 Å². The quantitative estimate of drug-likeness (QED) is 0.314. The first-order chi connectivity index (χ1) is 13.4. The van der Waals surface area contributed by atoms with E-state index >= 15 is 0 Å². The lowest BCUT2D eigenvalue weighted by atomic mass is 9.97. The third-order valence-electron chi connectivity index (χ3n) is 5.56. The summed E-state index contributed by atoms with van der Waals surface area (Å²) >= 11 is 0. The maximum Gasteiger partial charge on any atom is 0.0799 e. The largest absolute Gasteiger partial charge is 0.256 e. The Balaban J connectivity index is 1.98. The van der Waals surface area contributed by atoms with Crippen molar-refractivity contribution in [1.29, 1.82) is 0 Å². The van der Waals surface area contributed by atoms with Crippen LogP contribution in [0.2, 0.25) is 19.6 Å². The summed E-state index contributed by atoms with van der Waals surface area (Å²) in [5.74, 6) is 0. The average Bonchev–Trinajstić information content (AvgIpc) is 2.69. The molecule has 0 saturated heterocycles. The molecule has 2 aromatic carbocycles. The van der Waals surface area contributed by atoms with Crippen LogP contribution in [-0.4, -0.2) is 13.1 Å². The van der Waals surface area contributed by atoms with Gasteiger partial charge in [0.25, 0.3) is 0 Å². The van der Waals surface area contributed by atoms with Gasteiger partial charge in [-0.05, 0) is 47.2 Å². The lowest BCUT2D eigenvalue weighted by Crippen LogP contribution is -2.41. The lowest BCUT2D eigenvalue weighted by Gasteiger charge is -2.24. The highest BCUT2D eigenvalue weighted by atomic mass is 28.3. The molecule has 0 radical (unpaired) electrons. The van der Waals surface area contributed by atoms with Crippen LogP contribution in [0.4, 0.5) is 0 Å². The standard InChI is InChI=1S/C26H33NSi/c1-6-7-9-14-24-20(2)26(27-19-25(24)28(3,4)5)23-17-15-22(16-18-23)21-12-10-8-11-13-21/h8,10-13,15-19H,6-7,9,14H2,1-5H3. The van der Waals surface area contributed by atoms with Gasteiger partial charge in [-0.25, -0.2) is 0 Å². The van der Waals surface area contributed by atoms with Gasteiger partial charge in [0, 0.05) is 11.8 Å². The zero-order valence-electron chi connectivity index (χ0n) is 18.0. The number of hydrogen-bond donors (Lipinski definition) is 0. The minimum Gasteiger partial charge on any atom is -0.256 e. The molecule has 0 N–H and O–H groups in total. The van der Waals surface area contributed by atoms with Crippen molar-refractivity contribution in [2.24, 2.45) is 0 Å². The molecule has 1 nitrogen and oxygen atoms in total. The van der Waals surface area contributed by atoms with Crippen LogP contribution in [0.5, 0.6) is 0 Å². The van der Waals surface area contributed by atoms with E-state index in [4.69, 9.17) is 4.98 Å². The molecule has 28 heavy (non-hydrogen) atoms. The molecular weight excluding hydrogens is 354 g/mol. The average molecular weight is 388 g/mol. The first-order valence-electron chi connectivity index (χ1n) is 10.6. The minimum atomic E-state index is -1.41. The summed E-state index contributed by atoms with van der Waals surface area (Å²) in [7, 11) is -1.41. The van der Waals surface area contributed by atoms with E-state index in [1.807, 2.05) is 0 Å². The van der Waals surface area contributed by atoms with Gasteiger partial charge >= 0.3 is 0 Å². The van der Waals surface area contributed by atoms with Gasteiger partial charge in [0.2, 0.25) is 0 Å². The molecule has 0 amide bonds. The van der Waals surface area contributed by atoms with Crippen LogP contribution in [-0.2, 0) is 6.42 Å². The Hall–Kier alpha value is -2.19. The molecule has 0 aliphatic rings. The van der Waals surface area contributed by atoms with Crippen LogP contribution in [0.1, 0.15) is 37.3 Å². The van der Waals surface area contributed by atoms with E-state index in [-0.39, 0.29) is 0 Å². The summed E-state index contributed by atoms with van der Waals surface area (Å²) in [6.07, 6.45) is 7.19. The van der Waals surface area contributed by atoms with Crippen molar-refractivity contribution in [2.45, 2.75) is 59.2 Å². The Morgan fingerprint density at radius 2 is 1.39 bits per heavy atom. The van der Waals surface area contributed by atoms with Crippen LogP contribution in [0, 0.1) is 6.92 Å². The van der Waals surface area contributed by atoms with Crippen molar-refractivity contribution in [2.75, 3.05) is 0 Å². The van der Waals surface area contributed by atoms with Crippen LogP contribution in [0.25, 0.3) is 22.4 Å². The monoisotopic (exact) mass is 387 g/mol. The summed E-state index contributed by atoms with van der Waals surface area (Å²) in [4.78, 5) is 4.94. The number of pyridine rings is 1. The molecule has 0 aliphatic heterocycles. The molecule has 1 aromatic heterocycles. The molecule has 146 valence electrons. The van der Waals surface area contributed by atoms with Gasteiger partial charge in [-0.3, -0.25) is 4.98 Å². The molecule has 2 heteroatoms. The zero-order valence-corrected chi connectivity index (χ0v) is 19.0. The maximum atomic E-state index is 4.94. The normalized spacial score (nSPS) is 11.6. The number of unbranched alkanes of at least 4 members (excludes halogenated alkanes) is 2. The van der Waals surface area contributed by atoms with Gasteiger partial charge < -0.3 is 0 Å². The number of benzene rings is 2. The molecular formula is C26H33NSi. The van der Waals surface area contributed by atoms with E-state index in [0.29, 0.717) is 0 Å². The molecule has 0 atom stereocenters. The number of hydrogen-bond acceptors (Lipinski definition) is 1. The third-order valence-corrected chi connectivity index (χ3v) is 7.61. The Labute approximate surface area is 171 Å². The second-order valence-electron chi connectivity index (χ2n) is 8.77. The molecule has 0 saturated carbocycles. The van der Waals surface area contributed by atoms with Crippen LogP contribution < -0.4 is 5.19 Å². The van der Waals surface area contributed by atoms with Crippen molar-refractivity contribution in [3.05, 3.63) is 71.9 Å². The van der Waals surface area contributed by atoms with E-state index < -0.39 is 8.07 Å². The maximum absolute atomic E-state index is 4.94. The minimum absolute atomic E-state index is 1.15. The van der Waals surface area contributed by atoms with E-state index in [9.17, 15) is 0 Å². The summed E-state index contributed by atoms with van der Waals surface area (Å²) < 4.78 is 0. The van der Waals surface area contributed by atoms with Crippen LogP contribution >= 0.6 is 0 Å². The van der Waals surface area contributed by atoms with Gasteiger partial charge in [0.05, 0.1) is 13.8 Å². The fraction of sp³-hybridized carbons (Fsp3) is 0.346. The Morgan fingerprint density at radius 1 is 0.786 bits per heavy atom. The van der Waals surface area contributed by atoms with E-state index in [0.717, 1.165) is 5.69 Å². The fourth-order valence-electron chi connectivity index (χ4n) is 3.91. The molecule has 3 rings (SSSR count). The van der Waals surface area contributed by atoms with Crippen molar-refractivity contribution < 1.29 is 0 Å². The highest BCUT2D eigenvalue weighted by molar-refractivity contribution is 6.89. The van der Waals surface area contributed by atoms with Gasteiger partial charge in [0.1, 0.15) is 0 Å². The third kappa shape index (κ3) is 4.61. The van der Waals surface area contributed by atoms with Gasteiger partial charge in [-0.1, -0.05) is 94.0 Å². The predicted octanol–water partition coefficient (Wildman–Crippen LogP) is 7.00. The molecule has 0 spiro atoms. The summed E-state index contributed by atoms with van der Waals surface area (Å²) in [6, 6.07) is 19.4.